The molecule has 2 aliphatic rings. The molecule has 118 valence electrons. The Kier molecular flexibility index (Phi) is 4.70. The van der Waals surface area contributed by atoms with Crippen molar-refractivity contribution in [2.75, 3.05) is 6.54 Å². The van der Waals surface area contributed by atoms with Gasteiger partial charge >= 0.3 is 0 Å². The summed E-state index contributed by atoms with van der Waals surface area (Å²) in [7, 11) is 0. The number of nitrogens with one attached hydrogen (secondary N) is 1. The van der Waals surface area contributed by atoms with Crippen LogP contribution in [0.2, 0.25) is 0 Å². The van der Waals surface area contributed by atoms with Crippen LogP contribution in [-0.2, 0) is 6.42 Å². The average molecular weight is 307 g/mol. The van der Waals surface area contributed by atoms with Crippen LogP contribution >= 0.6 is 11.3 Å². The summed E-state index contributed by atoms with van der Waals surface area (Å²) in [5.74, 6) is 2.59. The van der Waals surface area contributed by atoms with Crippen molar-refractivity contribution < 1.29 is 0 Å². The summed E-state index contributed by atoms with van der Waals surface area (Å²) in [6.07, 6.45) is 10.3. The zero-order chi connectivity index (χ0) is 14.9. The predicted octanol–water partition coefficient (Wildman–Crippen LogP) is 4.52. The first-order valence-corrected chi connectivity index (χ1v) is 9.51. The maximum Gasteiger partial charge on any atom is 0.0794 e. The molecule has 3 atom stereocenters. The van der Waals surface area contributed by atoms with Crippen molar-refractivity contribution in [1.82, 2.24) is 10.3 Å². The quantitative estimate of drug-likeness (QED) is 0.865. The van der Waals surface area contributed by atoms with Gasteiger partial charge in [-0.3, -0.25) is 4.98 Å². The van der Waals surface area contributed by atoms with Crippen LogP contribution in [0.25, 0.3) is 0 Å². The Morgan fingerprint density at radius 1 is 1.19 bits per heavy atom. The summed E-state index contributed by atoms with van der Waals surface area (Å²) in [6, 6.07) is 0.842. The lowest BCUT2D eigenvalue weighted by Gasteiger charge is -2.42. The molecule has 1 aromatic rings. The number of rotatable bonds is 5. The number of hydrogen-bond donors (Lipinski definition) is 1. The standard InChI is InChI=1S/C18H30N2S/c1-18(2,3)15-5-4-13(10-20-16-6-7-16)14(8-15)9-17-11-19-12-21-17/h11-16,20H,4-10H2,1-3H3. The van der Waals surface area contributed by atoms with Crippen molar-refractivity contribution >= 4 is 11.3 Å². The number of hydrogen-bond acceptors (Lipinski definition) is 3. The van der Waals surface area contributed by atoms with E-state index in [1.54, 1.807) is 0 Å². The minimum Gasteiger partial charge on any atom is -0.314 e. The Labute approximate surface area is 133 Å². The number of nitrogens with zero attached hydrogens (tertiary/aromatic N) is 1. The second kappa shape index (κ2) is 6.37. The van der Waals surface area contributed by atoms with E-state index in [0.717, 1.165) is 23.8 Å². The SMILES string of the molecule is CC(C)(C)C1CCC(CNC2CC2)C(Cc2cncs2)C1. The molecule has 0 spiro atoms. The first-order valence-electron chi connectivity index (χ1n) is 8.63. The van der Waals surface area contributed by atoms with Gasteiger partial charge in [0, 0.05) is 17.1 Å². The number of thiazole rings is 1. The van der Waals surface area contributed by atoms with Gasteiger partial charge in [0.25, 0.3) is 0 Å². The fourth-order valence-corrected chi connectivity index (χ4v) is 4.53. The van der Waals surface area contributed by atoms with Gasteiger partial charge in [-0.1, -0.05) is 20.8 Å². The van der Waals surface area contributed by atoms with Crippen LogP contribution < -0.4 is 5.32 Å². The van der Waals surface area contributed by atoms with Crippen LogP contribution in [0.4, 0.5) is 0 Å². The Morgan fingerprint density at radius 2 is 2.00 bits per heavy atom. The van der Waals surface area contributed by atoms with E-state index in [0.29, 0.717) is 5.41 Å². The van der Waals surface area contributed by atoms with E-state index in [1.807, 2.05) is 16.8 Å². The highest BCUT2D eigenvalue weighted by Crippen LogP contribution is 2.44. The Bertz CT molecular complexity index is 431. The van der Waals surface area contributed by atoms with Crippen LogP contribution in [0.3, 0.4) is 0 Å². The van der Waals surface area contributed by atoms with Gasteiger partial charge in [-0.05, 0) is 68.2 Å². The fraction of sp³-hybridized carbons (Fsp3) is 0.833. The van der Waals surface area contributed by atoms with Crippen molar-refractivity contribution in [2.24, 2.45) is 23.2 Å². The average Bonchev–Trinajstić information content (AvgIpc) is 3.12. The molecule has 3 unspecified atom stereocenters. The molecule has 0 bridgehead atoms. The monoisotopic (exact) mass is 306 g/mol. The highest BCUT2D eigenvalue weighted by Gasteiger charge is 2.36. The van der Waals surface area contributed by atoms with Crippen molar-refractivity contribution in [3.8, 4) is 0 Å². The molecule has 2 nitrogen and oxygen atoms in total. The van der Waals surface area contributed by atoms with Gasteiger partial charge in [-0.2, -0.15) is 0 Å². The lowest BCUT2D eigenvalue weighted by Crippen LogP contribution is -2.38. The summed E-state index contributed by atoms with van der Waals surface area (Å²) in [4.78, 5) is 5.75. The lowest BCUT2D eigenvalue weighted by molar-refractivity contribution is 0.0973. The first-order chi connectivity index (χ1) is 10.0. The second-order valence-electron chi connectivity index (χ2n) is 8.25. The topological polar surface area (TPSA) is 24.9 Å². The van der Waals surface area contributed by atoms with Crippen molar-refractivity contribution in [3.63, 3.8) is 0 Å². The maximum absolute atomic E-state index is 4.27. The normalized spacial score (nSPS) is 30.5. The van der Waals surface area contributed by atoms with Crippen molar-refractivity contribution in [3.05, 3.63) is 16.6 Å². The van der Waals surface area contributed by atoms with E-state index in [1.165, 1.54) is 49.9 Å². The molecule has 3 heteroatoms. The largest absolute Gasteiger partial charge is 0.314 e. The smallest absolute Gasteiger partial charge is 0.0794 e. The third-order valence-electron chi connectivity index (χ3n) is 5.56. The van der Waals surface area contributed by atoms with Crippen molar-refractivity contribution in [1.29, 1.82) is 0 Å². The summed E-state index contributed by atoms with van der Waals surface area (Å²) in [5.41, 5.74) is 2.44. The Hall–Kier alpha value is -0.410. The third-order valence-corrected chi connectivity index (χ3v) is 6.36. The molecule has 2 fully saturated rings. The van der Waals surface area contributed by atoms with E-state index in [9.17, 15) is 0 Å². The molecule has 0 saturated heterocycles. The Morgan fingerprint density at radius 3 is 2.62 bits per heavy atom. The highest BCUT2D eigenvalue weighted by molar-refractivity contribution is 7.09. The molecule has 0 amide bonds. The van der Waals surface area contributed by atoms with Crippen LogP contribution in [0.5, 0.6) is 0 Å². The predicted molar refractivity (Wildman–Crippen MR) is 90.6 cm³/mol. The molecule has 0 aliphatic heterocycles. The molecular weight excluding hydrogens is 276 g/mol. The molecule has 2 aliphatic carbocycles. The van der Waals surface area contributed by atoms with E-state index in [-0.39, 0.29) is 0 Å². The zero-order valence-corrected chi connectivity index (χ0v) is 14.6. The molecule has 0 radical (unpaired) electrons. The van der Waals surface area contributed by atoms with Gasteiger partial charge < -0.3 is 5.32 Å². The number of aromatic nitrogens is 1. The molecule has 21 heavy (non-hydrogen) atoms. The van der Waals surface area contributed by atoms with Gasteiger partial charge in [-0.25, -0.2) is 0 Å². The maximum atomic E-state index is 4.27. The third kappa shape index (κ3) is 4.29. The van der Waals surface area contributed by atoms with Crippen LogP contribution in [0.1, 0.15) is 57.8 Å². The van der Waals surface area contributed by atoms with Crippen LogP contribution in [0.15, 0.2) is 11.7 Å². The Balaban J connectivity index is 1.63. The summed E-state index contributed by atoms with van der Waals surface area (Å²) < 4.78 is 0. The summed E-state index contributed by atoms with van der Waals surface area (Å²) >= 11 is 1.83. The second-order valence-corrected chi connectivity index (χ2v) is 9.22. The van der Waals surface area contributed by atoms with Gasteiger partial charge in [0.15, 0.2) is 0 Å². The van der Waals surface area contributed by atoms with E-state index >= 15 is 0 Å². The van der Waals surface area contributed by atoms with Crippen LogP contribution in [-0.4, -0.2) is 17.6 Å². The zero-order valence-electron chi connectivity index (χ0n) is 13.8. The van der Waals surface area contributed by atoms with E-state index < -0.39 is 0 Å². The van der Waals surface area contributed by atoms with Gasteiger partial charge in [0.1, 0.15) is 0 Å². The molecule has 0 aromatic carbocycles. The van der Waals surface area contributed by atoms with Gasteiger partial charge in [-0.15, -0.1) is 11.3 Å². The highest BCUT2D eigenvalue weighted by atomic mass is 32.1. The fourth-order valence-electron chi connectivity index (χ4n) is 3.84. The molecule has 3 rings (SSSR count). The molecular formula is C18H30N2S. The van der Waals surface area contributed by atoms with Gasteiger partial charge in [0.2, 0.25) is 0 Å². The molecule has 1 N–H and O–H groups in total. The van der Waals surface area contributed by atoms with E-state index in [4.69, 9.17) is 0 Å². The van der Waals surface area contributed by atoms with Crippen molar-refractivity contribution in [2.45, 2.75) is 65.3 Å². The van der Waals surface area contributed by atoms with Crippen LogP contribution in [0, 0.1) is 23.2 Å². The minimum absolute atomic E-state index is 0.459. The van der Waals surface area contributed by atoms with E-state index in [2.05, 4.69) is 37.3 Å². The molecule has 1 aromatic heterocycles. The first kappa shape index (κ1) is 15.5. The molecule has 2 saturated carbocycles. The lowest BCUT2D eigenvalue weighted by atomic mass is 9.64. The van der Waals surface area contributed by atoms with Gasteiger partial charge in [0.05, 0.1) is 5.51 Å². The molecule has 1 heterocycles. The summed E-state index contributed by atoms with van der Waals surface area (Å²) in [5, 5.41) is 3.78. The minimum atomic E-state index is 0.459. The summed E-state index contributed by atoms with van der Waals surface area (Å²) in [6.45, 7) is 8.50.